The van der Waals surface area contributed by atoms with Crippen molar-refractivity contribution in [3.63, 3.8) is 0 Å². The van der Waals surface area contributed by atoms with Gasteiger partial charge in [0.25, 0.3) is 5.91 Å². The minimum Gasteiger partial charge on any atom is -0.387 e. The van der Waals surface area contributed by atoms with E-state index in [2.05, 4.69) is 24.8 Å². The number of nitrogens with two attached hydrogens (primary N) is 2. The van der Waals surface area contributed by atoms with Gasteiger partial charge in [0, 0.05) is 37.7 Å². The summed E-state index contributed by atoms with van der Waals surface area (Å²) < 4.78 is 28.1. The number of nitrogens with zero attached hydrogens (tertiary/aromatic N) is 6. The number of piperidine rings is 1. The minimum atomic E-state index is -0.856. The van der Waals surface area contributed by atoms with Crippen LogP contribution in [-0.2, 0) is 0 Å². The summed E-state index contributed by atoms with van der Waals surface area (Å²) in [5.74, 6) is -1.93. The Kier molecular flexibility index (Phi) is 6.22. The first-order chi connectivity index (χ1) is 16.8. The maximum Gasteiger partial charge on any atom is 0.265 e. The average Bonchev–Trinajstić information content (AvgIpc) is 3.52. The van der Waals surface area contributed by atoms with Gasteiger partial charge in [-0.3, -0.25) is 4.79 Å². The van der Waals surface area contributed by atoms with Crippen LogP contribution in [0, 0.1) is 17.6 Å². The lowest BCUT2D eigenvalue weighted by atomic mass is 9.92. The van der Waals surface area contributed by atoms with Crippen LogP contribution in [0.2, 0.25) is 0 Å². The molecule has 1 aromatic carbocycles. The maximum atomic E-state index is 14.2. The van der Waals surface area contributed by atoms with E-state index in [9.17, 15) is 13.6 Å². The Morgan fingerprint density at radius 3 is 2.74 bits per heavy atom. The molecule has 3 aromatic rings. The number of anilines is 2. The molecular weight excluding hydrogens is 474 g/mol. The van der Waals surface area contributed by atoms with Gasteiger partial charge >= 0.3 is 0 Å². The van der Waals surface area contributed by atoms with Crippen molar-refractivity contribution in [3.05, 3.63) is 34.8 Å². The third-order valence-corrected chi connectivity index (χ3v) is 7.64. The highest BCUT2D eigenvalue weighted by Gasteiger charge is 2.33. The molecule has 9 nitrogen and oxygen atoms in total. The molecule has 1 amide bonds. The molecule has 184 valence electrons. The molecule has 35 heavy (non-hydrogen) atoms. The fourth-order valence-electron chi connectivity index (χ4n) is 4.65. The number of rotatable bonds is 4. The smallest absolute Gasteiger partial charge is 0.265 e. The molecular formula is C23H26F2N8OS. The van der Waals surface area contributed by atoms with Gasteiger partial charge in [0.1, 0.15) is 22.0 Å². The SMILES string of the molecule is C[C@H]1CC[C@@H](C(N)=Nc2nc(N)nc3c(F)cc(F)cc23)CN1C(=O)c1cnc(N2CCCC2)s1. The molecule has 2 saturated heterocycles. The number of likely N-dealkylation sites (tertiary alicyclic amines) is 1. The monoisotopic (exact) mass is 500 g/mol. The van der Waals surface area contributed by atoms with E-state index < -0.39 is 11.6 Å². The Morgan fingerprint density at radius 2 is 1.97 bits per heavy atom. The van der Waals surface area contributed by atoms with E-state index in [1.54, 1.807) is 11.1 Å². The first kappa shape index (κ1) is 23.3. The van der Waals surface area contributed by atoms with Crippen LogP contribution in [0.3, 0.4) is 0 Å². The largest absolute Gasteiger partial charge is 0.387 e. The molecule has 2 aromatic heterocycles. The first-order valence-electron chi connectivity index (χ1n) is 11.6. The van der Waals surface area contributed by atoms with Gasteiger partial charge in [-0.2, -0.15) is 4.98 Å². The summed E-state index contributed by atoms with van der Waals surface area (Å²) in [7, 11) is 0. The van der Waals surface area contributed by atoms with Crippen molar-refractivity contribution in [2.45, 2.75) is 38.6 Å². The van der Waals surface area contributed by atoms with Gasteiger partial charge in [0.2, 0.25) is 5.95 Å². The lowest BCUT2D eigenvalue weighted by Crippen LogP contribution is -2.48. The third-order valence-electron chi connectivity index (χ3n) is 6.59. The van der Waals surface area contributed by atoms with Crippen LogP contribution >= 0.6 is 11.3 Å². The highest BCUT2D eigenvalue weighted by molar-refractivity contribution is 7.17. The second kappa shape index (κ2) is 9.33. The molecule has 2 aliphatic rings. The second-order valence-corrected chi connectivity index (χ2v) is 10.0. The number of thiazole rings is 1. The molecule has 0 bridgehead atoms. The van der Waals surface area contributed by atoms with Gasteiger partial charge < -0.3 is 21.3 Å². The first-order valence-corrected chi connectivity index (χ1v) is 12.4. The molecule has 2 aliphatic heterocycles. The highest BCUT2D eigenvalue weighted by Crippen LogP contribution is 2.31. The van der Waals surface area contributed by atoms with Gasteiger partial charge in [0.15, 0.2) is 16.8 Å². The Labute approximate surface area is 204 Å². The van der Waals surface area contributed by atoms with Gasteiger partial charge in [0.05, 0.1) is 11.6 Å². The molecule has 12 heteroatoms. The van der Waals surface area contributed by atoms with Crippen molar-refractivity contribution in [2.24, 2.45) is 16.6 Å². The van der Waals surface area contributed by atoms with E-state index in [1.807, 2.05) is 6.92 Å². The number of carbonyl (C=O) groups excluding carboxylic acids is 1. The zero-order chi connectivity index (χ0) is 24.7. The number of nitrogen functional groups attached to an aromatic ring is 1. The topological polar surface area (TPSA) is 127 Å². The standard InChI is InChI=1S/C23H26F2N8OS/c1-12-4-5-13(11-33(12)21(34)17-10-28-23(35-17)32-6-2-3-7-32)19(26)30-20-15-8-14(24)9-16(25)18(15)29-22(27)31-20/h8-10,12-13H,2-7,11H2,1H3,(H4,26,27,29,30,31)/t12-,13+/m0/s1. The predicted molar refractivity (Wildman–Crippen MR) is 132 cm³/mol. The summed E-state index contributed by atoms with van der Waals surface area (Å²) in [6.45, 7) is 4.31. The van der Waals surface area contributed by atoms with E-state index in [0.717, 1.165) is 49.6 Å². The number of hydrogen-bond acceptors (Lipinski definition) is 8. The second-order valence-electron chi connectivity index (χ2n) is 9.01. The van der Waals surface area contributed by atoms with Crippen LogP contribution in [-0.4, -0.2) is 57.3 Å². The minimum absolute atomic E-state index is 0.00221. The number of hydrogen-bond donors (Lipinski definition) is 2. The summed E-state index contributed by atoms with van der Waals surface area (Å²) in [6, 6.07) is 1.86. The summed E-state index contributed by atoms with van der Waals surface area (Å²) in [6.07, 6.45) is 5.37. The van der Waals surface area contributed by atoms with Crippen LogP contribution in [0.25, 0.3) is 10.9 Å². The summed E-state index contributed by atoms with van der Waals surface area (Å²) >= 11 is 1.41. The van der Waals surface area contributed by atoms with Gasteiger partial charge in [-0.25, -0.2) is 23.7 Å². The van der Waals surface area contributed by atoms with Crippen molar-refractivity contribution in [2.75, 3.05) is 30.3 Å². The lowest BCUT2D eigenvalue weighted by Gasteiger charge is -2.37. The van der Waals surface area contributed by atoms with Crippen LogP contribution in [0.5, 0.6) is 0 Å². The molecule has 4 N–H and O–H groups in total. The van der Waals surface area contributed by atoms with E-state index >= 15 is 0 Å². The normalized spacial score (nSPS) is 21.2. The number of fused-ring (bicyclic) bond motifs is 1. The zero-order valence-electron chi connectivity index (χ0n) is 19.2. The van der Waals surface area contributed by atoms with Crippen molar-refractivity contribution in [3.8, 4) is 0 Å². The fourth-order valence-corrected chi connectivity index (χ4v) is 5.57. The van der Waals surface area contributed by atoms with Crippen molar-refractivity contribution in [1.82, 2.24) is 19.9 Å². The van der Waals surface area contributed by atoms with E-state index in [0.29, 0.717) is 17.8 Å². The van der Waals surface area contributed by atoms with Crippen LogP contribution < -0.4 is 16.4 Å². The maximum absolute atomic E-state index is 14.2. The van der Waals surface area contributed by atoms with Crippen molar-refractivity contribution >= 4 is 50.9 Å². The summed E-state index contributed by atoms with van der Waals surface area (Å²) in [5.41, 5.74) is 11.9. The lowest BCUT2D eigenvalue weighted by molar-refractivity contribution is 0.0608. The molecule has 0 saturated carbocycles. The van der Waals surface area contributed by atoms with Gasteiger partial charge in [-0.15, -0.1) is 0 Å². The fraction of sp³-hybridized carbons (Fsp3) is 0.435. The van der Waals surface area contributed by atoms with Crippen molar-refractivity contribution < 1.29 is 13.6 Å². The number of benzene rings is 1. The number of amides is 1. The molecule has 2 fully saturated rings. The van der Waals surface area contributed by atoms with Crippen LogP contribution in [0.1, 0.15) is 42.3 Å². The van der Waals surface area contributed by atoms with Crippen LogP contribution in [0.4, 0.5) is 25.7 Å². The Bertz CT molecular complexity index is 1310. The molecule has 0 unspecified atom stereocenters. The van der Waals surface area contributed by atoms with Crippen LogP contribution in [0.15, 0.2) is 23.3 Å². The molecule has 2 atom stereocenters. The quantitative estimate of drug-likeness (QED) is 0.415. The van der Waals surface area contributed by atoms with Gasteiger partial charge in [-0.1, -0.05) is 11.3 Å². The molecule has 0 aliphatic carbocycles. The van der Waals surface area contributed by atoms with Gasteiger partial charge in [-0.05, 0) is 38.7 Å². The molecule has 4 heterocycles. The summed E-state index contributed by atoms with van der Waals surface area (Å²) in [5, 5.41) is 0.955. The Morgan fingerprint density at radius 1 is 1.20 bits per heavy atom. The molecule has 0 radical (unpaired) electrons. The average molecular weight is 501 g/mol. The predicted octanol–water partition coefficient (Wildman–Crippen LogP) is 3.48. The Hall–Kier alpha value is -3.41. The highest BCUT2D eigenvalue weighted by atomic mass is 32.1. The number of halogens is 2. The third kappa shape index (κ3) is 4.62. The number of aliphatic imine (C=N–C) groups is 1. The number of aromatic nitrogens is 3. The van der Waals surface area contributed by atoms with E-state index in [1.165, 1.54) is 11.3 Å². The van der Waals surface area contributed by atoms with Crippen molar-refractivity contribution in [1.29, 1.82) is 0 Å². The zero-order valence-corrected chi connectivity index (χ0v) is 20.1. The Balaban J connectivity index is 1.39. The van der Waals surface area contributed by atoms with E-state index in [-0.39, 0.29) is 46.4 Å². The number of amidine groups is 1. The number of carbonyl (C=O) groups is 1. The molecule has 5 rings (SSSR count). The molecule has 0 spiro atoms. The summed E-state index contributed by atoms with van der Waals surface area (Å²) in [4.78, 5) is 34.7. The van der Waals surface area contributed by atoms with E-state index in [4.69, 9.17) is 11.5 Å².